The second-order valence-corrected chi connectivity index (χ2v) is 4.23. The minimum atomic E-state index is 0.140. The molecule has 0 radical (unpaired) electrons. The Labute approximate surface area is 118 Å². The lowest BCUT2D eigenvalue weighted by atomic mass is 10.1. The SMILES string of the molecule is CC.CCN(CC(Cc1ccccc1)NC)C(C)=O. The lowest BCUT2D eigenvalue weighted by Crippen LogP contribution is -2.42. The number of benzene rings is 1. The van der Waals surface area contributed by atoms with Gasteiger partial charge in [-0.05, 0) is 26.0 Å². The van der Waals surface area contributed by atoms with Gasteiger partial charge in [0.25, 0.3) is 0 Å². The van der Waals surface area contributed by atoms with Crippen LogP contribution in [0.15, 0.2) is 30.3 Å². The highest BCUT2D eigenvalue weighted by Crippen LogP contribution is 2.04. The van der Waals surface area contributed by atoms with Gasteiger partial charge in [0.1, 0.15) is 0 Å². The number of rotatable bonds is 6. The van der Waals surface area contributed by atoms with Crippen LogP contribution in [0.5, 0.6) is 0 Å². The average Bonchev–Trinajstić information content (AvgIpc) is 2.46. The fraction of sp³-hybridized carbons (Fsp3) is 0.562. The number of hydrogen-bond acceptors (Lipinski definition) is 2. The van der Waals surface area contributed by atoms with Crippen molar-refractivity contribution in [2.45, 2.75) is 40.2 Å². The van der Waals surface area contributed by atoms with Gasteiger partial charge in [-0.15, -0.1) is 0 Å². The number of nitrogens with one attached hydrogen (secondary N) is 1. The van der Waals surface area contributed by atoms with Gasteiger partial charge < -0.3 is 10.2 Å². The van der Waals surface area contributed by atoms with Crippen LogP contribution in [0.2, 0.25) is 0 Å². The van der Waals surface area contributed by atoms with E-state index in [9.17, 15) is 4.79 Å². The molecule has 3 heteroatoms. The van der Waals surface area contributed by atoms with Crippen molar-refractivity contribution in [1.29, 1.82) is 0 Å². The maximum absolute atomic E-state index is 11.4. The molecule has 0 aliphatic rings. The minimum absolute atomic E-state index is 0.140. The van der Waals surface area contributed by atoms with E-state index in [0.29, 0.717) is 6.04 Å². The van der Waals surface area contributed by atoms with Gasteiger partial charge in [0.2, 0.25) is 5.91 Å². The van der Waals surface area contributed by atoms with Crippen molar-refractivity contribution < 1.29 is 4.79 Å². The molecule has 1 atom stereocenters. The molecule has 0 saturated carbocycles. The Morgan fingerprint density at radius 2 is 1.84 bits per heavy atom. The zero-order chi connectivity index (χ0) is 14.7. The summed E-state index contributed by atoms with van der Waals surface area (Å²) in [6.07, 6.45) is 0.946. The van der Waals surface area contributed by atoms with Gasteiger partial charge >= 0.3 is 0 Å². The number of carbonyl (C=O) groups is 1. The van der Waals surface area contributed by atoms with Gasteiger partial charge in [-0.25, -0.2) is 0 Å². The Bertz CT molecular complexity index is 338. The summed E-state index contributed by atoms with van der Waals surface area (Å²) in [7, 11) is 1.95. The highest BCUT2D eigenvalue weighted by molar-refractivity contribution is 5.73. The van der Waals surface area contributed by atoms with E-state index < -0.39 is 0 Å². The minimum Gasteiger partial charge on any atom is -0.342 e. The average molecular weight is 264 g/mol. The van der Waals surface area contributed by atoms with Crippen molar-refractivity contribution in [3.63, 3.8) is 0 Å². The van der Waals surface area contributed by atoms with E-state index in [1.165, 1.54) is 5.56 Å². The fourth-order valence-electron chi connectivity index (χ4n) is 1.90. The largest absolute Gasteiger partial charge is 0.342 e. The summed E-state index contributed by atoms with van der Waals surface area (Å²) in [5, 5.41) is 3.28. The van der Waals surface area contributed by atoms with E-state index in [1.807, 2.05) is 50.9 Å². The van der Waals surface area contributed by atoms with E-state index in [-0.39, 0.29) is 5.91 Å². The molecular weight excluding hydrogens is 236 g/mol. The Balaban J connectivity index is 0.00000154. The lowest BCUT2D eigenvalue weighted by molar-refractivity contribution is -0.128. The molecule has 1 amide bonds. The quantitative estimate of drug-likeness (QED) is 0.857. The first kappa shape index (κ1) is 17.6. The third-order valence-corrected chi connectivity index (χ3v) is 3.00. The smallest absolute Gasteiger partial charge is 0.219 e. The first-order chi connectivity index (χ1) is 9.17. The maximum Gasteiger partial charge on any atom is 0.219 e. The van der Waals surface area contributed by atoms with E-state index in [1.54, 1.807) is 6.92 Å². The summed E-state index contributed by atoms with van der Waals surface area (Å²) in [6, 6.07) is 10.7. The Kier molecular flexibility index (Phi) is 9.81. The molecule has 0 fully saturated rings. The molecular formula is C16H28N2O. The standard InChI is InChI=1S/C14H22N2O.C2H6/c1-4-16(12(2)17)11-14(15-3)10-13-8-6-5-7-9-13;1-2/h5-9,14-15H,4,10-11H2,1-3H3;1-2H3. The fourth-order valence-corrected chi connectivity index (χ4v) is 1.90. The van der Waals surface area contributed by atoms with Crippen molar-refractivity contribution in [3.8, 4) is 0 Å². The lowest BCUT2D eigenvalue weighted by Gasteiger charge is -2.25. The zero-order valence-electron chi connectivity index (χ0n) is 12.9. The molecule has 1 aromatic rings. The molecule has 1 N–H and O–H groups in total. The molecule has 1 rings (SSSR count). The molecule has 3 nitrogen and oxygen atoms in total. The van der Waals surface area contributed by atoms with Crippen LogP contribution in [0.25, 0.3) is 0 Å². The molecule has 0 aromatic heterocycles. The van der Waals surface area contributed by atoms with Crippen LogP contribution in [-0.2, 0) is 11.2 Å². The van der Waals surface area contributed by atoms with Crippen LogP contribution < -0.4 is 5.32 Å². The zero-order valence-corrected chi connectivity index (χ0v) is 12.9. The summed E-state index contributed by atoms with van der Waals surface area (Å²) >= 11 is 0. The second kappa shape index (κ2) is 10.6. The van der Waals surface area contributed by atoms with Crippen molar-refractivity contribution in [3.05, 3.63) is 35.9 Å². The van der Waals surface area contributed by atoms with E-state index in [0.717, 1.165) is 19.5 Å². The predicted octanol–water partition coefficient (Wildman–Crippen LogP) is 2.71. The highest BCUT2D eigenvalue weighted by atomic mass is 16.2. The molecule has 0 saturated heterocycles. The van der Waals surface area contributed by atoms with E-state index >= 15 is 0 Å². The van der Waals surface area contributed by atoms with Crippen LogP contribution in [0.1, 0.15) is 33.3 Å². The predicted molar refractivity (Wildman–Crippen MR) is 82.3 cm³/mol. The number of nitrogens with zero attached hydrogens (tertiary/aromatic N) is 1. The first-order valence-corrected chi connectivity index (χ1v) is 7.14. The Morgan fingerprint density at radius 3 is 2.26 bits per heavy atom. The molecule has 19 heavy (non-hydrogen) atoms. The summed E-state index contributed by atoms with van der Waals surface area (Å²) in [4.78, 5) is 13.2. The maximum atomic E-state index is 11.4. The Hall–Kier alpha value is -1.35. The molecule has 0 spiro atoms. The number of amides is 1. The Morgan fingerprint density at radius 1 is 1.26 bits per heavy atom. The molecule has 0 aliphatic heterocycles. The third-order valence-electron chi connectivity index (χ3n) is 3.00. The van der Waals surface area contributed by atoms with Gasteiger partial charge in [-0.1, -0.05) is 44.2 Å². The topological polar surface area (TPSA) is 32.3 Å². The van der Waals surface area contributed by atoms with E-state index in [4.69, 9.17) is 0 Å². The normalized spacial score (nSPS) is 11.2. The van der Waals surface area contributed by atoms with Crippen molar-refractivity contribution >= 4 is 5.91 Å². The summed E-state index contributed by atoms with van der Waals surface area (Å²) in [5.74, 6) is 0.140. The van der Waals surface area contributed by atoms with Gasteiger partial charge in [0, 0.05) is 26.1 Å². The van der Waals surface area contributed by atoms with E-state index in [2.05, 4.69) is 17.4 Å². The second-order valence-electron chi connectivity index (χ2n) is 4.23. The summed E-state index contributed by atoms with van der Waals surface area (Å²) in [5.41, 5.74) is 1.30. The third kappa shape index (κ3) is 6.97. The highest BCUT2D eigenvalue weighted by Gasteiger charge is 2.13. The van der Waals surface area contributed by atoms with Crippen molar-refractivity contribution in [2.75, 3.05) is 20.1 Å². The van der Waals surface area contributed by atoms with Crippen LogP contribution >= 0.6 is 0 Å². The summed E-state index contributed by atoms with van der Waals surface area (Å²) < 4.78 is 0. The van der Waals surface area contributed by atoms with Gasteiger partial charge in [0.15, 0.2) is 0 Å². The van der Waals surface area contributed by atoms with Gasteiger partial charge in [-0.2, -0.15) is 0 Å². The van der Waals surface area contributed by atoms with Crippen LogP contribution in [0.4, 0.5) is 0 Å². The number of hydrogen-bond donors (Lipinski definition) is 1. The van der Waals surface area contributed by atoms with Crippen LogP contribution in [0, 0.1) is 0 Å². The number of carbonyl (C=O) groups excluding carboxylic acids is 1. The van der Waals surface area contributed by atoms with Crippen molar-refractivity contribution in [1.82, 2.24) is 10.2 Å². The molecule has 1 unspecified atom stereocenters. The first-order valence-electron chi connectivity index (χ1n) is 7.14. The summed E-state index contributed by atoms with van der Waals surface area (Å²) in [6.45, 7) is 9.16. The van der Waals surface area contributed by atoms with Gasteiger partial charge in [-0.3, -0.25) is 4.79 Å². The van der Waals surface area contributed by atoms with Gasteiger partial charge in [0.05, 0.1) is 0 Å². The molecule has 108 valence electrons. The number of likely N-dealkylation sites (N-methyl/N-ethyl adjacent to an activating group) is 2. The van der Waals surface area contributed by atoms with Crippen LogP contribution in [-0.4, -0.2) is 37.0 Å². The molecule has 1 aromatic carbocycles. The molecule has 0 aliphatic carbocycles. The van der Waals surface area contributed by atoms with Crippen molar-refractivity contribution in [2.24, 2.45) is 0 Å². The monoisotopic (exact) mass is 264 g/mol. The van der Waals surface area contributed by atoms with Crippen LogP contribution in [0.3, 0.4) is 0 Å². The molecule has 0 heterocycles. The molecule has 0 bridgehead atoms.